The second kappa shape index (κ2) is 5.98. The number of carbonyl (C=O) groups excluding carboxylic acids is 1. The van der Waals surface area contributed by atoms with Crippen LogP contribution in [0.3, 0.4) is 0 Å². The highest BCUT2D eigenvalue weighted by Gasteiger charge is 2.30. The van der Waals surface area contributed by atoms with Crippen molar-refractivity contribution in [3.63, 3.8) is 0 Å². The monoisotopic (exact) mass is 248 g/mol. The standard InChI is InChI=1S/C14H20N2O2/c15-12-8-11(6-7-13(12)17)14(18)16-9-10-4-2-1-3-5-10/h1-5,11-13,17H,6-9,15H2,(H,16,18)/t11-,12+,13+/m0/s1. The molecule has 1 aliphatic rings. The van der Waals surface area contributed by atoms with Crippen molar-refractivity contribution in [2.24, 2.45) is 11.7 Å². The summed E-state index contributed by atoms with van der Waals surface area (Å²) >= 11 is 0. The maximum absolute atomic E-state index is 12.0. The first-order valence-corrected chi connectivity index (χ1v) is 6.42. The largest absolute Gasteiger partial charge is 0.392 e. The Balaban J connectivity index is 1.82. The number of hydrogen-bond donors (Lipinski definition) is 3. The van der Waals surface area contributed by atoms with Crippen molar-refractivity contribution in [2.45, 2.75) is 38.0 Å². The summed E-state index contributed by atoms with van der Waals surface area (Å²) in [6.07, 6.45) is 1.45. The molecule has 1 aliphatic carbocycles. The van der Waals surface area contributed by atoms with E-state index in [1.165, 1.54) is 0 Å². The Morgan fingerprint density at radius 1 is 1.33 bits per heavy atom. The Morgan fingerprint density at radius 2 is 2.06 bits per heavy atom. The molecule has 0 bridgehead atoms. The van der Waals surface area contributed by atoms with E-state index >= 15 is 0 Å². The highest BCUT2D eigenvalue weighted by Crippen LogP contribution is 2.23. The maximum atomic E-state index is 12.0. The van der Waals surface area contributed by atoms with Crippen LogP contribution in [0.4, 0.5) is 0 Å². The van der Waals surface area contributed by atoms with E-state index in [2.05, 4.69) is 5.32 Å². The second-order valence-corrected chi connectivity index (χ2v) is 4.94. The topological polar surface area (TPSA) is 75.4 Å². The molecular weight excluding hydrogens is 228 g/mol. The van der Waals surface area contributed by atoms with Gasteiger partial charge in [0.15, 0.2) is 0 Å². The number of carbonyl (C=O) groups is 1. The zero-order chi connectivity index (χ0) is 13.0. The van der Waals surface area contributed by atoms with Gasteiger partial charge in [0.1, 0.15) is 0 Å². The lowest BCUT2D eigenvalue weighted by Crippen LogP contribution is -2.44. The number of nitrogens with one attached hydrogen (secondary N) is 1. The van der Waals surface area contributed by atoms with Gasteiger partial charge in [0.05, 0.1) is 6.10 Å². The summed E-state index contributed by atoms with van der Waals surface area (Å²) in [7, 11) is 0. The van der Waals surface area contributed by atoms with E-state index in [9.17, 15) is 9.90 Å². The minimum absolute atomic E-state index is 0.0428. The number of aliphatic hydroxyl groups is 1. The van der Waals surface area contributed by atoms with E-state index in [0.29, 0.717) is 19.4 Å². The molecule has 4 N–H and O–H groups in total. The summed E-state index contributed by atoms with van der Waals surface area (Å²) in [6, 6.07) is 9.55. The minimum atomic E-state index is -0.455. The van der Waals surface area contributed by atoms with Gasteiger partial charge in [-0.3, -0.25) is 4.79 Å². The zero-order valence-corrected chi connectivity index (χ0v) is 10.4. The number of rotatable bonds is 3. The van der Waals surface area contributed by atoms with Crippen LogP contribution in [-0.2, 0) is 11.3 Å². The molecule has 2 rings (SSSR count). The van der Waals surface area contributed by atoms with E-state index in [-0.39, 0.29) is 17.9 Å². The van der Waals surface area contributed by atoms with Crippen LogP contribution in [0.2, 0.25) is 0 Å². The van der Waals surface area contributed by atoms with Gasteiger partial charge < -0.3 is 16.2 Å². The van der Waals surface area contributed by atoms with Crippen LogP contribution < -0.4 is 11.1 Å². The van der Waals surface area contributed by atoms with Gasteiger partial charge in [0.2, 0.25) is 5.91 Å². The lowest BCUT2D eigenvalue weighted by molar-refractivity contribution is -0.127. The molecule has 0 heterocycles. The summed E-state index contributed by atoms with van der Waals surface area (Å²) in [5, 5.41) is 12.5. The average Bonchev–Trinajstić information content (AvgIpc) is 2.40. The highest BCUT2D eigenvalue weighted by molar-refractivity contribution is 5.78. The van der Waals surface area contributed by atoms with Crippen LogP contribution in [0.25, 0.3) is 0 Å². The normalized spacial score (nSPS) is 27.8. The van der Waals surface area contributed by atoms with Crippen LogP contribution in [0.1, 0.15) is 24.8 Å². The number of nitrogens with two attached hydrogens (primary N) is 1. The number of hydrogen-bond acceptors (Lipinski definition) is 3. The van der Waals surface area contributed by atoms with Crippen molar-refractivity contribution < 1.29 is 9.90 Å². The highest BCUT2D eigenvalue weighted by atomic mass is 16.3. The minimum Gasteiger partial charge on any atom is -0.392 e. The van der Waals surface area contributed by atoms with Crippen LogP contribution >= 0.6 is 0 Å². The molecule has 1 saturated carbocycles. The number of aliphatic hydroxyl groups excluding tert-OH is 1. The molecule has 1 amide bonds. The van der Waals surface area contributed by atoms with Gasteiger partial charge in [-0.15, -0.1) is 0 Å². The third-order valence-electron chi connectivity index (χ3n) is 3.54. The van der Waals surface area contributed by atoms with Gasteiger partial charge in [-0.2, -0.15) is 0 Å². The Kier molecular flexibility index (Phi) is 4.33. The van der Waals surface area contributed by atoms with Crippen LogP contribution in [0.5, 0.6) is 0 Å². The van der Waals surface area contributed by atoms with Crippen molar-refractivity contribution in [3.8, 4) is 0 Å². The summed E-state index contributed by atoms with van der Waals surface area (Å²) in [5.74, 6) is -0.0201. The molecule has 4 nitrogen and oxygen atoms in total. The van der Waals surface area contributed by atoms with Gasteiger partial charge in [0, 0.05) is 18.5 Å². The van der Waals surface area contributed by atoms with Gasteiger partial charge in [-0.25, -0.2) is 0 Å². The van der Waals surface area contributed by atoms with Gasteiger partial charge in [-0.1, -0.05) is 30.3 Å². The summed E-state index contributed by atoms with van der Waals surface area (Å²) in [4.78, 5) is 12.0. The Labute approximate surface area is 107 Å². The third kappa shape index (κ3) is 3.31. The fraction of sp³-hybridized carbons (Fsp3) is 0.500. The predicted molar refractivity (Wildman–Crippen MR) is 69.6 cm³/mol. The van der Waals surface area contributed by atoms with E-state index in [1.807, 2.05) is 30.3 Å². The molecule has 1 aromatic rings. The molecule has 1 fully saturated rings. The molecule has 3 atom stereocenters. The SMILES string of the molecule is N[C@@H]1C[C@@H](C(=O)NCc2ccccc2)CC[C@H]1O. The molecule has 0 radical (unpaired) electrons. The smallest absolute Gasteiger partial charge is 0.223 e. The average molecular weight is 248 g/mol. The summed E-state index contributed by atoms with van der Waals surface area (Å²) in [6.45, 7) is 0.550. The van der Waals surface area contributed by atoms with Crippen molar-refractivity contribution >= 4 is 5.91 Å². The second-order valence-electron chi connectivity index (χ2n) is 4.94. The molecule has 98 valence electrons. The molecule has 0 saturated heterocycles. The van der Waals surface area contributed by atoms with E-state index < -0.39 is 6.10 Å². The quantitative estimate of drug-likeness (QED) is 0.740. The summed E-state index contributed by atoms with van der Waals surface area (Å²) in [5.41, 5.74) is 6.87. The van der Waals surface area contributed by atoms with Crippen molar-refractivity contribution in [1.82, 2.24) is 5.32 Å². The van der Waals surface area contributed by atoms with Crippen LogP contribution in [0, 0.1) is 5.92 Å². The summed E-state index contributed by atoms with van der Waals surface area (Å²) < 4.78 is 0. The van der Waals surface area contributed by atoms with Gasteiger partial charge in [-0.05, 0) is 24.8 Å². The molecule has 0 aromatic heterocycles. The fourth-order valence-corrected chi connectivity index (χ4v) is 2.36. The van der Waals surface area contributed by atoms with E-state index in [1.54, 1.807) is 0 Å². The number of amides is 1. The molecule has 18 heavy (non-hydrogen) atoms. The molecule has 0 spiro atoms. The van der Waals surface area contributed by atoms with Crippen molar-refractivity contribution in [2.75, 3.05) is 0 Å². The number of benzene rings is 1. The van der Waals surface area contributed by atoms with Crippen molar-refractivity contribution in [1.29, 1.82) is 0 Å². The first-order chi connectivity index (χ1) is 8.66. The zero-order valence-electron chi connectivity index (χ0n) is 10.4. The Bertz CT molecular complexity index is 394. The Morgan fingerprint density at radius 3 is 2.72 bits per heavy atom. The molecular formula is C14H20N2O2. The van der Waals surface area contributed by atoms with Crippen LogP contribution in [-0.4, -0.2) is 23.2 Å². The molecule has 4 heteroatoms. The first-order valence-electron chi connectivity index (χ1n) is 6.42. The molecule has 1 aromatic carbocycles. The predicted octanol–water partition coefficient (Wildman–Crippen LogP) is 0.791. The first kappa shape index (κ1) is 13.1. The lowest BCUT2D eigenvalue weighted by atomic mass is 9.83. The third-order valence-corrected chi connectivity index (χ3v) is 3.54. The molecule has 0 aliphatic heterocycles. The lowest BCUT2D eigenvalue weighted by Gasteiger charge is -2.30. The van der Waals surface area contributed by atoms with Crippen LogP contribution in [0.15, 0.2) is 30.3 Å². The Hall–Kier alpha value is -1.39. The molecule has 0 unspecified atom stereocenters. The van der Waals surface area contributed by atoms with Gasteiger partial charge in [0.25, 0.3) is 0 Å². The van der Waals surface area contributed by atoms with Crippen molar-refractivity contribution in [3.05, 3.63) is 35.9 Å². The van der Waals surface area contributed by atoms with Gasteiger partial charge >= 0.3 is 0 Å². The maximum Gasteiger partial charge on any atom is 0.223 e. The fourth-order valence-electron chi connectivity index (χ4n) is 2.36. The van der Waals surface area contributed by atoms with E-state index in [4.69, 9.17) is 5.73 Å². The van der Waals surface area contributed by atoms with E-state index in [0.717, 1.165) is 12.0 Å².